The molecule has 0 unspecified atom stereocenters. The van der Waals surface area contributed by atoms with Crippen molar-refractivity contribution < 1.29 is 19.5 Å². The van der Waals surface area contributed by atoms with Gasteiger partial charge in [0, 0.05) is 0 Å². The van der Waals surface area contributed by atoms with Crippen LogP contribution in [0.15, 0.2) is 0 Å². The van der Waals surface area contributed by atoms with Crippen molar-refractivity contribution in [2.45, 2.75) is 53.4 Å². The van der Waals surface area contributed by atoms with Gasteiger partial charge in [0.2, 0.25) is 0 Å². The normalized spacial score (nSPS) is 9.00. The Labute approximate surface area is 122 Å². The van der Waals surface area contributed by atoms with Crippen molar-refractivity contribution in [2.24, 2.45) is 0 Å². The fourth-order valence-corrected chi connectivity index (χ4v) is 0.884. The first-order chi connectivity index (χ1) is 6.74. The van der Waals surface area contributed by atoms with Crippen LogP contribution in [0.5, 0.6) is 0 Å². The van der Waals surface area contributed by atoms with E-state index in [1.165, 1.54) is 38.2 Å². The summed E-state index contributed by atoms with van der Waals surface area (Å²) in [5.74, 6) is 0. The van der Waals surface area contributed by atoms with E-state index in [2.05, 4.69) is 6.92 Å². The third-order valence-corrected chi connectivity index (χ3v) is 1.25. The van der Waals surface area contributed by atoms with Gasteiger partial charge in [-0.1, -0.05) is 53.4 Å². The Bertz CT molecular complexity index is 124. The predicted molar refractivity (Wildman–Crippen MR) is 77.4 cm³/mol. The molecule has 0 aliphatic heterocycles. The molecule has 4 heteroatoms. The maximum atomic E-state index is 7.44. The number of nitrogens with zero attached hydrogens (tertiary/aromatic N) is 3. The third kappa shape index (κ3) is 146. The predicted octanol–water partition coefficient (Wildman–Crippen LogP) is 4.67. The van der Waals surface area contributed by atoms with Gasteiger partial charge in [-0.3, -0.25) is 0 Å². The SMILES string of the molecule is C.C1CCCC1.CC=[N-].CC=[N-].[CH2-]C#N.[CH3-].[Ru+5]. The molecule has 0 N–H and O–H groups in total. The van der Waals surface area contributed by atoms with E-state index in [0.717, 1.165) is 12.4 Å². The molecule has 0 aromatic rings. The van der Waals surface area contributed by atoms with Crippen molar-refractivity contribution in [2.75, 3.05) is 0 Å². The summed E-state index contributed by atoms with van der Waals surface area (Å²) in [4.78, 5) is 0. The smallest absolute Gasteiger partial charge is 0.814 e. The summed E-state index contributed by atoms with van der Waals surface area (Å²) < 4.78 is 0. The Balaban J connectivity index is -0.0000000232. The summed E-state index contributed by atoms with van der Waals surface area (Å²) in [5, 5.41) is 22.1. The van der Waals surface area contributed by atoms with Crippen molar-refractivity contribution in [3.05, 3.63) is 25.2 Å². The summed E-state index contributed by atoms with van der Waals surface area (Å²) in [7, 11) is 0. The first-order valence-corrected chi connectivity index (χ1v) is 4.75. The number of nitriles is 1. The van der Waals surface area contributed by atoms with Crippen LogP contribution in [0.2, 0.25) is 0 Å². The summed E-state index contributed by atoms with van der Waals surface area (Å²) in [6.45, 7) is 5.90. The van der Waals surface area contributed by atoms with Gasteiger partial charge in [-0.15, -0.1) is 6.07 Å². The first-order valence-electron chi connectivity index (χ1n) is 4.75. The molecule has 0 aromatic carbocycles. The minimum Gasteiger partial charge on any atom is -0.814 e. The molecule has 1 aliphatic rings. The molecule has 3 nitrogen and oxygen atoms in total. The maximum Gasteiger partial charge on any atom is 5.00 e. The fraction of sp³-hybridized carbons (Fsp3) is 0.615. The molecule has 0 aromatic heterocycles. The summed E-state index contributed by atoms with van der Waals surface area (Å²) in [6.07, 6.45) is 9.50. The van der Waals surface area contributed by atoms with E-state index in [-0.39, 0.29) is 34.3 Å². The van der Waals surface area contributed by atoms with Crippen LogP contribution in [-0.2, 0) is 19.5 Å². The van der Waals surface area contributed by atoms with Gasteiger partial charge >= 0.3 is 19.5 Å². The van der Waals surface area contributed by atoms with E-state index in [1.54, 1.807) is 13.8 Å². The molecular formula is C13H27N3Ru+. The summed E-state index contributed by atoms with van der Waals surface area (Å²) >= 11 is 0. The fourth-order valence-electron chi connectivity index (χ4n) is 0.884. The Hall–Kier alpha value is -0.677. The van der Waals surface area contributed by atoms with Crippen LogP contribution in [0, 0.1) is 25.7 Å². The second kappa shape index (κ2) is 58.6. The van der Waals surface area contributed by atoms with Crippen molar-refractivity contribution in [3.63, 3.8) is 0 Å². The molecule has 1 radical (unpaired) electrons. The van der Waals surface area contributed by atoms with E-state index in [4.69, 9.17) is 16.1 Å². The average molecular weight is 326 g/mol. The van der Waals surface area contributed by atoms with Gasteiger partial charge in [0.15, 0.2) is 0 Å². The third-order valence-electron chi connectivity index (χ3n) is 1.25. The molecule has 0 bridgehead atoms. The Kier molecular flexibility index (Phi) is 124. The Morgan fingerprint density at radius 2 is 1.06 bits per heavy atom. The van der Waals surface area contributed by atoms with Crippen molar-refractivity contribution >= 4 is 12.4 Å². The molecule has 0 spiro atoms. The molecule has 17 heavy (non-hydrogen) atoms. The molecule has 1 rings (SSSR count). The number of hydrogen-bond acceptors (Lipinski definition) is 1. The van der Waals surface area contributed by atoms with E-state index < -0.39 is 0 Å². The van der Waals surface area contributed by atoms with E-state index >= 15 is 0 Å². The van der Waals surface area contributed by atoms with Crippen LogP contribution in [-0.4, -0.2) is 12.4 Å². The maximum absolute atomic E-state index is 7.44. The average Bonchev–Trinajstić information content (AvgIpc) is 2.63. The minimum atomic E-state index is 0. The minimum absolute atomic E-state index is 0. The summed E-state index contributed by atoms with van der Waals surface area (Å²) in [5.41, 5.74) is 0. The monoisotopic (exact) mass is 327 g/mol. The van der Waals surface area contributed by atoms with Gasteiger partial charge in [0.25, 0.3) is 0 Å². The molecular weight excluding hydrogens is 299 g/mol. The Morgan fingerprint density at radius 3 is 1.12 bits per heavy atom. The van der Waals surface area contributed by atoms with Crippen LogP contribution in [0.25, 0.3) is 10.8 Å². The van der Waals surface area contributed by atoms with Crippen molar-refractivity contribution in [3.8, 4) is 6.07 Å². The van der Waals surface area contributed by atoms with Crippen molar-refractivity contribution in [1.29, 1.82) is 5.26 Å². The topological polar surface area (TPSA) is 68.4 Å². The molecule has 1 fully saturated rings. The van der Waals surface area contributed by atoms with E-state index in [1.807, 2.05) is 0 Å². The second-order valence-corrected chi connectivity index (χ2v) is 2.44. The zero-order valence-electron chi connectivity index (χ0n) is 10.6. The van der Waals surface area contributed by atoms with Gasteiger partial charge in [-0.2, -0.15) is 0 Å². The molecule has 0 atom stereocenters. The standard InChI is InChI=1S/C5H10.2C2H4N.C2H2N.CH4.CH3.Ru/c1-2-4-5-3-1;3*1-2-3;;;/h1-5H2;2*2H,1H3;1H2;1H4;1H3;/q;3*-1;;-1;+5. The molecule has 0 heterocycles. The quantitative estimate of drug-likeness (QED) is 0.362. The van der Waals surface area contributed by atoms with Gasteiger partial charge in [-0.25, -0.2) is 17.7 Å². The van der Waals surface area contributed by atoms with Crippen LogP contribution in [0.4, 0.5) is 0 Å². The van der Waals surface area contributed by atoms with Gasteiger partial charge < -0.3 is 25.2 Å². The van der Waals surface area contributed by atoms with Crippen LogP contribution in [0.1, 0.15) is 53.4 Å². The second-order valence-electron chi connectivity index (χ2n) is 2.44. The molecule has 1 saturated carbocycles. The zero-order chi connectivity index (χ0) is 11.7. The first kappa shape index (κ1) is 36.0. The molecule has 1 aliphatic carbocycles. The number of hydrogen-bond donors (Lipinski definition) is 0. The zero-order valence-corrected chi connectivity index (χ0v) is 12.3. The van der Waals surface area contributed by atoms with E-state index in [9.17, 15) is 0 Å². The molecule has 0 amide bonds. The number of rotatable bonds is 0. The van der Waals surface area contributed by atoms with E-state index in [0.29, 0.717) is 0 Å². The van der Waals surface area contributed by atoms with Crippen LogP contribution < -0.4 is 0 Å². The Morgan fingerprint density at radius 1 is 1.00 bits per heavy atom. The van der Waals surface area contributed by atoms with Crippen LogP contribution >= 0.6 is 0 Å². The largest absolute Gasteiger partial charge is 5.00 e. The van der Waals surface area contributed by atoms with Gasteiger partial charge in [-0.05, 0) is 0 Å². The molecule has 0 saturated heterocycles. The van der Waals surface area contributed by atoms with Gasteiger partial charge in [0.05, 0.1) is 0 Å². The van der Waals surface area contributed by atoms with Crippen LogP contribution in [0.3, 0.4) is 0 Å². The molecule has 101 valence electrons. The van der Waals surface area contributed by atoms with Gasteiger partial charge in [0.1, 0.15) is 0 Å². The van der Waals surface area contributed by atoms with Crippen molar-refractivity contribution in [1.82, 2.24) is 0 Å². The summed E-state index contributed by atoms with van der Waals surface area (Å²) in [6, 6.07) is 1.50.